The molecule has 2 aromatic carbocycles. The van der Waals surface area contributed by atoms with Gasteiger partial charge in [0.15, 0.2) is 0 Å². The van der Waals surface area contributed by atoms with E-state index in [2.05, 4.69) is 12.1 Å². The summed E-state index contributed by atoms with van der Waals surface area (Å²) in [5.41, 5.74) is 1.25. The minimum Gasteiger partial charge on any atom is -0.339 e. The van der Waals surface area contributed by atoms with Crippen molar-refractivity contribution in [3.8, 4) is 0 Å². The second kappa shape index (κ2) is 10.3. The highest BCUT2D eigenvalue weighted by Gasteiger charge is 2.23. The zero-order chi connectivity index (χ0) is 19.8. The zero-order valence-electron chi connectivity index (χ0n) is 15.9. The van der Waals surface area contributed by atoms with Gasteiger partial charge >= 0.3 is 0 Å². The van der Waals surface area contributed by atoms with Crippen LogP contribution in [0.5, 0.6) is 0 Å². The van der Waals surface area contributed by atoms with Gasteiger partial charge in [0.1, 0.15) is 5.82 Å². The summed E-state index contributed by atoms with van der Waals surface area (Å²) in [5.74, 6) is 0.283. The Kier molecular flexibility index (Phi) is 7.48. The third-order valence-electron chi connectivity index (χ3n) is 4.86. The lowest BCUT2D eigenvalue weighted by Crippen LogP contribution is -2.51. The molecule has 0 aromatic heterocycles. The first-order chi connectivity index (χ1) is 13.6. The van der Waals surface area contributed by atoms with Crippen LogP contribution < -0.4 is 0 Å². The second-order valence-electron chi connectivity index (χ2n) is 6.84. The summed E-state index contributed by atoms with van der Waals surface area (Å²) in [5, 5.41) is 0. The lowest BCUT2D eigenvalue weighted by atomic mass is 10.1. The van der Waals surface area contributed by atoms with Crippen molar-refractivity contribution in [2.45, 2.75) is 24.2 Å². The summed E-state index contributed by atoms with van der Waals surface area (Å²) < 4.78 is 12.9. The van der Waals surface area contributed by atoms with Crippen LogP contribution in [0.1, 0.15) is 18.4 Å². The molecule has 28 heavy (non-hydrogen) atoms. The molecule has 1 heterocycles. The summed E-state index contributed by atoms with van der Waals surface area (Å²) in [6, 6.07) is 16.3. The van der Waals surface area contributed by atoms with Gasteiger partial charge in [-0.25, -0.2) is 4.39 Å². The number of rotatable bonds is 7. The molecule has 2 aromatic rings. The van der Waals surface area contributed by atoms with Crippen molar-refractivity contribution in [2.24, 2.45) is 0 Å². The molecule has 1 saturated heterocycles. The molecule has 0 atom stereocenters. The number of thioether (sulfide) groups is 1. The number of benzene rings is 2. The van der Waals surface area contributed by atoms with Crippen LogP contribution in [0.2, 0.25) is 0 Å². The SMILES string of the molecule is O=C(CCCc1ccccc1)N1CCN(C(=O)CSc2ccc(F)cc2)CC1. The molecule has 4 nitrogen and oxygen atoms in total. The number of aryl methyl sites for hydroxylation is 1. The molecule has 6 heteroatoms. The molecule has 0 aliphatic carbocycles. The Morgan fingerprint density at radius 1 is 0.857 bits per heavy atom. The summed E-state index contributed by atoms with van der Waals surface area (Å²) >= 11 is 1.41. The number of carbonyl (C=O) groups excluding carboxylic acids is 2. The fourth-order valence-electron chi connectivity index (χ4n) is 3.22. The molecule has 0 bridgehead atoms. The maximum Gasteiger partial charge on any atom is 0.233 e. The molecule has 2 amide bonds. The molecule has 148 valence electrons. The number of hydrogen-bond acceptors (Lipinski definition) is 3. The highest BCUT2D eigenvalue weighted by Crippen LogP contribution is 2.19. The Morgan fingerprint density at radius 2 is 1.46 bits per heavy atom. The molecule has 3 rings (SSSR count). The number of piperazine rings is 1. The molecule has 0 unspecified atom stereocenters. The van der Waals surface area contributed by atoms with E-state index in [0.717, 1.165) is 17.7 Å². The van der Waals surface area contributed by atoms with Crippen molar-refractivity contribution >= 4 is 23.6 Å². The molecular formula is C22H25FN2O2S. The van der Waals surface area contributed by atoms with Crippen molar-refractivity contribution in [3.63, 3.8) is 0 Å². The van der Waals surface area contributed by atoms with Gasteiger partial charge in [0.05, 0.1) is 5.75 Å². The number of nitrogens with zero attached hydrogens (tertiary/aromatic N) is 2. The quantitative estimate of drug-likeness (QED) is 0.667. The lowest BCUT2D eigenvalue weighted by molar-refractivity contribution is -0.138. The first kappa shape index (κ1) is 20.4. The predicted octanol–water partition coefficient (Wildman–Crippen LogP) is 3.61. The Hall–Kier alpha value is -2.34. The molecule has 0 N–H and O–H groups in total. The summed E-state index contributed by atoms with van der Waals surface area (Å²) in [6.45, 7) is 2.34. The fourth-order valence-corrected chi connectivity index (χ4v) is 4.02. The van der Waals surface area contributed by atoms with Crippen molar-refractivity contribution in [1.29, 1.82) is 0 Å². The van der Waals surface area contributed by atoms with E-state index in [0.29, 0.717) is 38.4 Å². The lowest BCUT2D eigenvalue weighted by Gasteiger charge is -2.34. The van der Waals surface area contributed by atoms with Crippen LogP contribution in [0, 0.1) is 5.82 Å². The van der Waals surface area contributed by atoms with Crippen LogP contribution >= 0.6 is 11.8 Å². The minimum atomic E-state index is -0.278. The van der Waals surface area contributed by atoms with E-state index < -0.39 is 0 Å². The standard InChI is InChI=1S/C22H25FN2O2S/c23-19-9-11-20(12-10-19)28-17-22(27)25-15-13-24(14-16-25)21(26)8-4-7-18-5-2-1-3-6-18/h1-3,5-6,9-12H,4,7-8,13-17H2. The van der Waals surface area contributed by atoms with E-state index in [9.17, 15) is 14.0 Å². The van der Waals surface area contributed by atoms with Gasteiger partial charge in [-0.2, -0.15) is 0 Å². The van der Waals surface area contributed by atoms with Gasteiger partial charge < -0.3 is 9.80 Å². The Morgan fingerprint density at radius 3 is 2.11 bits per heavy atom. The van der Waals surface area contributed by atoms with Crippen LogP contribution in [0.4, 0.5) is 4.39 Å². The molecule has 0 spiro atoms. The minimum absolute atomic E-state index is 0.0606. The maximum absolute atomic E-state index is 12.9. The third kappa shape index (κ3) is 6.09. The highest BCUT2D eigenvalue weighted by atomic mass is 32.2. The van der Waals surface area contributed by atoms with Crippen LogP contribution in [0.3, 0.4) is 0 Å². The van der Waals surface area contributed by atoms with Crippen LogP contribution in [-0.4, -0.2) is 53.5 Å². The van der Waals surface area contributed by atoms with Gasteiger partial charge in [-0.05, 0) is 42.7 Å². The Bertz CT molecular complexity index is 775. The number of halogens is 1. The van der Waals surface area contributed by atoms with Crippen molar-refractivity contribution < 1.29 is 14.0 Å². The Balaban J connectivity index is 1.35. The third-order valence-corrected chi connectivity index (χ3v) is 5.86. The highest BCUT2D eigenvalue weighted by molar-refractivity contribution is 8.00. The Labute approximate surface area is 169 Å². The summed E-state index contributed by atoms with van der Waals surface area (Å²) in [4.78, 5) is 29.3. The van der Waals surface area contributed by atoms with Crippen LogP contribution in [-0.2, 0) is 16.0 Å². The zero-order valence-corrected chi connectivity index (χ0v) is 16.7. The average molecular weight is 401 g/mol. The molecule has 1 aliphatic heterocycles. The van der Waals surface area contributed by atoms with Gasteiger partial charge in [-0.3, -0.25) is 9.59 Å². The van der Waals surface area contributed by atoms with E-state index in [1.54, 1.807) is 12.1 Å². The topological polar surface area (TPSA) is 40.6 Å². The van der Waals surface area contributed by atoms with Gasteiger partial charge in [-0.15, -0.1) is 11.8 Å². The van der Waals surface area contributed by atoms with Gasteiger partial charge in [0.25, 0.3) is 0 Å². The average Bonchev–Trinajstić information content (AvgIpc) is 2.74. The molecule has 1 fully saturated rings. The summed E-state index contributed by atoms with van der Waals surface area (Å²) in [6.07, 6.45) is 2.30. The maximum atomic E-state index is 12.9. The molecule has 1 aliphatic rings. The largest absolute Gasteiger partial charge is 0.339 e. The van der Waals surface area contributed by atoms with Crippen LogP contribution in [0.15, 0.2) is 59.5 Å². The molecule has 0 saturated carbocycles. The number of hydrogen-bond donors (Lipinski definition) is 0. The normalized spacial score (nSPS) is 14.2. The number of carbonyl (C=O) groups is 2. The van der Waals surface area contributed by atoms with Gasteiger partial charge in [0, 0.05) is 37.5 Å². The van der Waals surface area contributed by atoms with E-state index >= 15 is 0 Å². The van der Waals surface area contributed by atoms with Gasteiger partial charge in [-0.1, -0.05) is 30.3 Å². The van der Waals surface area contributed by atoms with Crippen molar-refractivity contribution in [3.05, 3.63) is 66.0 Å². The first-order valence-electron chi connectivity index (χ1n) is 9.59. The van der Waals surface area contributed by atoms with E-state index in [4.69, 9.17) is 0 Å². The van der Waals surface area contributed by atoms with Crippen molar-refractivity contribution in [2.75, 3.05) is 31.9 Å². The fraction of sp³-hybridized carbons (Fsp3) is 0.364. The predicted molar refractivity (Wildman–Crippen MR) is 110 cm³/mol. The molecular weight excluding hydrogens is 375 g/mol. The van der Waals surface area contributed by atoms with E-state index in [1.807, 2.05) is 28.0 Å². The van der Waals surface area contributed by atoms with E-state index in [-0.39, 0.29) is 17.6 Å². The van der Waals surface area contributed by atoms with Crippen LogP contribution in [0.25, 0.3) is 0 Å². The number of amides is 2. The van der Waals surface area contributed by atoms with Gasteiger partial charge in [0.2, 0.25) is 11.8 Å². The smallest absolute Gasteiger partial charge is 0.233 e. The summed E-state index contributed by atoms with van der Waals surface area (Å²) in [7, 11) is 0. The molecule has 0 radical (unpaired) electrons. The van der Waals surface area contributed by atoms with E-state index in [1.165, 1.54) is 29.5 Å². The first-order valence-corrected chi connectivity index (χ1v) is 10.6. The van der Waals surface area contributed by atoms with Crippen molar-refractivity contribution in [1.82, 2.24) is 9.80 Å². The second-order valence-corrected chi connectivity index (χ2v) is 7.89. The monoisotopic (exact) mass is 400 g/mol.